The van der Waals surface area contributed by atoms with Crippen LogP contribution in [0, 0.1) is 11.3 Å². The maximum Gasteiger partial charge on any atom is 0.145 e. The van der Waals surface area contributed by atoms with Crippen LogP contribution in [-0.2, 0) is 6.54 Å². The lowest BCUT2D eigenvalue weighted by Crippen LogP contribution is -2.03. The van der Waals surface area contributed by atoms with Gasteiger partial charge in [0.2, 0.25) is 0 Å². The van der Waals surface area contributed by atoms with E-state index in [1.807, 2.05) is 24.3 Å². The Morgan fingerprint density at radius 1 is 1.35 bits per heavy atom. The fraction of sp³-hybridized carbons (Fsp3) is 0.143. The average Bonchev–Trinajstić information content (AvgIpc) is 2.46. The van der Waals surface area contributed by atoms with Gasteiger partial charge in [-0.3, -0.25) is 0 Å². The molecule has 20 heavy (non-hydrogen) atoms. The molecule has 0 saturated heterocycles. The van der Waals surface area contributed by atoms with Gasteiger partial charge in [0.25, 0.3) is 0 Å². The van der Waals surface area contributed by atoms with E-state index in [4.69, 9.17) is 10.00 Å². The Hall–Kier alpha value is -1.58. The van der Waals surface area contributed by atoms with Gasteiger partial charge in [-0.25, -0.2) is 4.98 Å². The second-order valence-corrected chi connectivity index (χ2v) is 5.65. The van der Waals surface area contributed by atoms with Crippen LogP contribution in [-0.4, -0.2) is 12.1 Å². The van der Waals surface area contributed by atoms with Gasteiger partial charge in [0.15, 0.2) is 0 Å². The van der Waals surface area contributed by atoms with E-state index in [1.165, 1.54) is 0 Å². The SMILES string of the molecule is COc1cc(NCc2cccnc2C#N)c(Br)cc1Br. The van der Waals surface area contributed by atoms with Crippen LogP contribution in [0.4, 0.5) is 5.69 Å². The number of aromatic nitrogens is 1. The van der Waals surface area contributed by atoms with Gasteiger partial charge >= 0.3 is 0 Å². The normalized spacial score (nSPS) is 9.90. The van der Waals surface area contributed by atoms with Crippen LogP contribution in [0.2, 0.25) is 0 Å². The first-order valence-corrected chi connectivity index (χ1v) is 7.35. The highest BCUT2D eigenvalue weighted by molar-refractivity contribution is 9.11. The number of halogens is 2. The number of pyridine rings is 1. The molecule has 1 N–H and O–H groups in total. The molecule has 2 rings (SSSR count). The van der Waals surface area contributed by atoms with E-state index in [9.17, 15) is 0 Å². The van der Waals surface area contributed by atoms with Gasteiger partial charge in [-0.15, -0.1) is 0 Å². The summed E-state index contributed by atoms with van der Waals surface area (Å²) in [5.41, 5.74) is 2.17. The van der Waals surface area contributed by atoms with Gasteiger partial charge in [0.05, 0.1) is 17.3 Å². The summed E-state index contributed by atoms with van der Waals surface area (Å²) in [6.45, 7) is 0.514. The molecule has 0 spiro atoms. The maximum absolute atomic E-state index is 9.01. The Bertz CT molecular complexity index is 668. The van der Waals surface area contributed by atoms with Gasteiger partial charge in [-0.1, -0.05) is 6.07 Å². The molecule has 0 amide bonds. The van der Waals surface area contributed by atoms with Crippen molar-refractivity contribution < 1.29 is 4.74 Å². The van der Waals surface area contributed by atoms with Crippen molar-refractivity contribution in [1.29, 1.82) is 5.26 Å². The highest BCUT2D eigenvalue weighted by Crippen LogP contribution is 2.34. The first kappa shape index (κ1) is 14.8. The molecule has 6 heteroatoms. The minimum atomic E-state index is 0.431. The third-order valence-electron chi connectivity index (χ3n) is 2.71. The molecule has 4 nitrogen and oxygen atoms in total. The lowest BCUT2D eigenvalue weighted by Gasteiger charge is -2.12. The smallest absolute Gasteiger partial charge is 0.145 e. The van der Waals surface area contributed by atoms with Crippen LogP contribution in [0.15, 0.2) is 39.4 Å². The summed E-state index contributed by atoms with van der Waals surface area (Å²) in [7, 11) is 1.62. The summed E-state index contributed by atoms with van der Waals surface area (Å²) < 4.78 is 7.05. The second-order valence-electron chi connectivity index (χ2n) is 3.94. The van der Waals surface area contributed by atoms with Crippen LogP contribution in [0.5, 0.6) is 5.75 Å². The molecule has 1 aromatic heterocycles. The molecule has 0 unspecified atom stereocenters. The van der Waals surface area contributed by atoms with E-state index in [2.05, 4.69) is 48.2 Å². The first-order chi connectivity index (χ1) is 9.65. The molecule has 0 aliphatic heterocycles. The number of hydrogen-bond donors (Lipinski definition) is 1. The van der Waals surface area contributed by atoms with Crippen LogP contribution < -0.4 is 10.1 Å². The number of benzene rings is 1. The summed E-state index contributed by atoms with van der Waals surface area (Å²) >= 11 is 6.92. The van der Waals surface area contributed by atoms with Crippen molar-refractivity contribution in [2.45, 2.75) is 6.54 Å². The Morgan fingerprint density at radius 2 is 2.15 bits per heavy atom. The Kier molecular flexibility index (Phi) is 4.99. The number of anilines is 1. The zero-order valence-electron chi connectivity index (χ0n) is 10.7. The van der Waals surface area contributed by atoms with E-state index < -0.39 is 0 Å². The second kappa shape index (κ2) is 6.73. The van der Waals surface area contributed by atoms with Crippen molar-refractivity contribution in [3.05, 3.63) is 50.7 Å². The van der Waals surface area contributed by atoms with Gasteiger partial charge in [0.1, 0.15) is 17.5 Å². The Labute approximate surface area is 134 Å². The molecular formula is C14H11Br2N3O. The van der Waals surface area contributed by atoms with Crippen molar-refractivity contribution in [2.24, 2.45) is 0 Å². The van der Waals surface area contributed by atoms with Crippen molar-refractivity contribution in [1.82, 2.24) is 4.98 Å². The molecule has 0 atom stereocenters. The fourth-order valence-corrected chi connectivity index (χ4v) is 2.99. The zero-order valence-corrected chi connectivity index (χ0v) is 13.8. The fourth-order valence-electron chi connectivity index (χ4n) is 1.69. The van der Waals surface area contributed by atoms with Gasteiger partial charge in [-0.2, -0.15) is 5.26 Å². The van der Waals surface area contributed by atoms with Crippen LogP contribution in [0.25, 0.3) is 0 Å². The minimum absolute atomic E-state index is 0.431. The summed E-state index contributed by atoms with van der Waals surface area (Å²) in [6.07, 6.45) is 1.61. The number of nitrogens with one attached hydrogen (secondary N) is 1. The highest BCUT2D eigenvalue weighted by atomic mass is 79.9. The topological polar surface area (TPSA) is 57.9 Å². The van der Waals surface area contributed by atoms with E-state index in [0.29, 0.717) is 12.2 Å². The molecule has 2 aromatic rings. The first-order valence-electron chi connectivity index (χ1n) is 5.76. The Balaban J connectivity index is 2.21. The molecule has 102 valence electrons. The van der Waals surface area contributed by atoms with Crippen molar-refractivity contribution in [2.75, 3.05) is 12.4 Å². The Morgan fingerprint density at radius 3 is 2.85 bits per heavy atom. The van der Waals surface area contributed by atoms with Crippen LogP contribution in [0.3, 0.4) is 0 Å². The van der Waals surface area contributed by atoms with Gasteiger partial charge in [0, 0.05) is 28.8 Å². The number of nitriles is 1. The molecule has 0 aliphatic carbocycles. The number of methoxy groups -OCH3 is 1. The quantitative estimate of drug-likeness (QED) is 0.845. The third kappa shape index (κ3) is 3.30. The summed E-state index contributed by atoms with van der Waals surface area (Å²) in [5, 5.41) is 12.3. The van der Waals surface area contributed by atoms with Crippen LogP contribution >= 0.6 is 31.9 Å². The molecule has 1 aromatic carbocycles. The van der Waals surface area contributed by atoms with Gasteiger partial charge < -0.3 is 10.1 Å². The number of nitrogens with zero attached hydrogens (tertiary/aromatic N) is 2. The molecule has 1 heterocycles. The number of rotatable bonds is 4. The molecule has 0 bridgehead atoms. The lowest BCUT2D eigenvalue weighted by molar-refractivity contribution is 0.412. The maximum atomic E-state index is 9.01. The molecule has 0 saturated carbocycles. The molecule has 0 aliphatic rings. The van der Waals surface area contributed by atoms with Crippen molar-refractivity contribution >= 4 is 37.5 Å². The average molecular weight is 397 g/mol. The van der Waals surface area contributed by atoms with E-state index in [1.54, 1.807) is 13.3 Å². The summed E-state index contributed by atoms with van der Waals surface area (Å²) in [6, 6.07) is 9.57. The zero-order chi connectivity index (χ0) is 14.5. The molecular weight excluding hydrogens is 386 g/mol. The molecule has 0 fully saturated rings. The molecule has 0 radical (unpaired) electrons. The minimum Gasteiger partial charge on any atom is -0.495 e. The third-order valence-corrected chi connectivity index (χ3v) is 3.98. The summed E-state index contributed by atoms with van der Waals surface area (Å²) in [5.74, 6) is 0.738. The largest absolute Gasteiger partial charge is 0.495 e. The van der Waals surface area contributed by atoms with Crippen molar-refractivity contribution in [3.8, 4) is 11.8 Å². The van der Waals surface area contributed by atoms with Crippen LogP contribution in [0.1, 0.15) is 11.3 Å². The summed E-state index contributed by atoms with van der Waals surface area (Å²) in [4.78, 5) is 4.03. The number of hydrogen-bond acceptors (Lipinski definition) is 4. The standard InChI is InChI=1S/C14H11Br2N3O/c1-20-14-6-12(10(15)5-11(14)16)19-8-9-3-2-4-18-13(9)7-17/h2-6,19H,8H2,1H3. The monoisotopic (exact) mass is 395 g/mol. The van der Waals surface area contributed by atoms with Gasteiger partial charge in [-0.05, 0) is 44.0 Å². The predicted molar refractivity (Wildman–Crippen MR) is 84.7 cm³/mol. The van der Waals surface area contributed by atoms with E-state index in [0.717, 1.165) is 25.9 Å². The number of ether oxygens (including phenoxy) is 1. The lowest BCUT2D eigenvalue weighted by atomic mass is 10.2. The van der Waals surface area contributed by atoms with Crippen molar-refractivity contribution in [3.63, 3.8) is 0 Å². The van der Waals surface area contributed by atoms with E-state index >= 15 is 0 Å². The highest BCUT2D eigenvalue weighted by Gasteiger charge is 2.08. The van der Waals surface area contributed by atoms with E-state index in [-0.39, 0.29) is 0 Å². The predicted octanol–water partition coefficient (Wildman–Crippen LogP) is 4.10.